The number of fused-ring (bicyclic) bond motifs is 1. The summed E-state index contributed by atoms with van der Waals surface area (Å²) in [6.07, 6.45) is 3.03. The van der Waals surface area contributed by atoms with Crippen LogP contribution in [0, 0.1) is 5.92 Å². The molecule has 4 nitrogen and oxygen atoms in total. The number of hydrogen-bond acceptors (Lipinski definition) is 4. The number of hydrogen-bond donors (Lipinski definition) is 1. The lowest BCUT2D eigenvalue weighted by atomic mass is 9.98. The summed E-state index contributed by atoms with van der Waals surface area (Å²) in [4.78, 5) is 14.5. The molecule has 0 bridgehead atoms. The minimum absolute atomic E-state index is 0.165. The maximum atomic E-state index is 12.4. The summed E-state index contributed by atoms with van der Waals surface area (Å²) in [5.41, 5.74) is 1.92. The lowest BCUT2D eigenvalue weighted by Gasteiger charge is -2.31. The minimum atomic E-state index is 0.165. The number of benzene rings is 1. The van der Waals surface area contributed by atoms with Crippen molar-refractivity contribution in [2.24, 2.45) is 5.92 Å². The van der Waals surface area contributed by atoms with E-state index < -0.39 is 0 Å². The third-order valence-electron chi connectivity index (χ3n) is 4.24. The molecule has 2 aliphatic rings. The Morgan fingerprint density at radius 3 is 3.20 bits per heavy atom. The van der Waals surface area contributed by atoms with Gasteiger partial charge in [-0.3, -0.25) is 9.69 Å². The number of piperidine rings is 1. The molecule has 0 amide bonds. The number of rotatable bonds is 4. The van der Waals surface area contributed by atoms with E-state index in [1.807, 2.05) is 18.2 Å². The fraction of sp³-hybridized carbons (Fsp3) is 0.562. The van der Waals surface area contributed by atoms with Crippen LogP contribution in [0.25, 0.3) is 0 Å². The number of ketones is 1. The van der Waals surface area contributed by atoms with E-state index in [9.17, 15) is 9.90 Å². The van der Waals surface area contributed by atoms with Gasteiger partial charge in [0.25, 0.3) is 0 Å². The Labute approximate surface area is 119 Å². The van der Waals surface area contributed by atoms with Gasteiger partial charge in [0.15, 0.2) is 5.78 Å². The third kappa shape index (κ3) is 2.86. The first-order chi connectivity index (χ1) is 9.76. The Morgan fingerprint density at radius 1 is 1.45 bits per heavy atom. The first kappa shape index (κ1) is 13.6. The van der Waals surface area contributed by atoms with E-state index >= 15 is 0 Å². The highest BCUT2D eigenvalue weighted by molar-refractivity contribution is 5.98. The minimum Gasteiger partial charge on any atom is -0.493 e. The molecule has 20 heavy (non-hydrogen) atoms. The van der Waals surface area contributed by atoms with E-state index in [1.54, 1.807) is 0 Å². The zero-order valence-electron chi connectivity index (χ0n) is 11.7. The van der Waals surface area contributed by atoms with Crippen LogP contribution in [0.4, 0.5) is 0 Å². The van der Waals surface area contributed by atoms with Gasteiger partial charge in [-0.05, 0) is 49.1 Å². The quantitative estimate of drug-likeness (QED) is 0.846. The predicted molar refractivity (Wildman–Crippen MR) is 76.2 cm³/mol. The average molecular weight is 275 g/mol. The molecule has 1 N–H and O–H groups in total. The number of carbonyl (C=O) groups is 1. The van der Waals surface area contributed by atoms with Crippen molar-refractivity contribution in [3.8, 4) is 5.75 Å². The molecule has 1 saturated heterocycles. The van der Waals surface area contributed by atoms with Crippen molar-refractivity contribution in [2.75, 3.05) is 32.8 Å². The lowest BCUT2D eigenvalue weighted by molar-refractivity contribution is 0.0833. The fourth-order valence-corrected chi connectivity index (χ4v) is 3.10. The predicted octanol–water partition coefficient (Wildman–Crippen LogP) is 1.51. The van der Waals surface area contributed by atoms with Gasteiger partial charge in [0, 0.05) is 25.1 Å². The summed E-state index contributed by atoms with van der Waals surface area (Å²) in [7, 11) is 0. The fourth-order valence-electron chi connectivity index (χ4n) is 3.10. The molecule has 0 saturated carbocycles. The summed E-state index contributed by atoms with van der Waals surface area (Å²) in [5.74, 6) is 1.41. The molecule has 2 heterocycles. The highest BCUT2D eigenvalue weighted by atomic mass is 16.5. The Kier molecular flexibility index (Phi) is 4.03. The summed E-state index contributed by atoms with van der Waals surface area (Å²) in [5, 5.41) is 9.24. The van der Waals surface area contributed by atoms with Gasteiger partial charge >= 0.3 is 0 Å². The maximum Gasteiger partial charge on any atom is 0.176 e. The molecular weight excluding hydrogens is 254 g/mol. The Balaban J connectivity index is 1.64. The van der Waals surface area contributed by atoms with Gasteiger partial charge in [0.2, 0.25) is 0 Å². The molecule has 1 unspecified atom stereocenters. The summed E-state index contributed by atoms with van der Waals surface area (Å²) < 4.78 is 5.46. The number of aliphatic hydroxyl groups excluding tert-OH is 1. The van der Waals surface area contributed by atoms with Crippen LogP contribution in [0.1, 0.15) is 28.8 Å². The molecule has 1 aromatic carbocycles. The van der Waals surface area contributed by atoms with Gasteiger partial charge in [-0.25, -0.2) is 0 Å². The molecule has 0 spiro atoms. The summed E-state index contributed by atoms with van der Waals surface area (Å²) in [6.45, 7) is 3.18. The van der Waals surface area contributed by atoms with Gasteiger partial charge in [0.1, 0.15) is 5.75 Å². The largest absolute Gasteiger partial charge is 0.493 e. The van der Waals surface area contributed by atoms with Crippen molar-refractivity contribution < 1.29 is 14.6 Å². The SMILES string of the molecule is O=C(CN1CCCC(CO)C1)c1ccc2c(c1)CCO2. The van der Waals surface area contributed by atoms with Crippen LogP contribution in [-0.4, -0.2) is 48.6 Å². The molecule has 0 radical (unpaired) electrons. The van der Waals surface area contributed by atoms with Gasteiger partial charge in [-0.2, -0.15) is 0 Å². The molecule has 2 aliphatic heterocycles. The second-order valence-corrected chi connectivity index (χ2v) is 5.77. The Bertz CT molecular complexity index is 500. The van der Waals surface area contributed by atoms with Crippen molar-refractivity contribution in [1.82, 2.24) is 4.90 Å². The van der Waals surface area contributed by atoms with Crippen molar-refractivity contribution in [2.45, 2.75) is 19.3 Å². The molecule has 0 aromatic heterocycles. The highest BCUT2D eigenvalue weighted by Crippen LogP contribution is 2.26. The van der Waals surface area contributed by atoms with Crippen LogP contribution in [0.2, 0.25) is 0 Å². The molecule has 0 aliphatic carbocycles. The Hall–Kier alpha value is -1.39. The van der Waals surface area contributed by atoms with E-state index in [1.165, 1.54) is 0 Å². The standard InChI is InChI=1S/C16H21NO3/c18-11-12-2-1-6-17(9-12)10-15(19)13-3-4-16-14(8-13)5-7-20-16/h3-4,8,12,18H,1-2,5-7,9-11H2. The Morgan fingerprint density at radius 2 is 2.35 bits per heavy atom. The van der Waals surface area contributed by atoms with Gasteiger partial charge < -0.3 is 9.84 Å². The van der Waals surface area contributed by atoms with E-state index in [0.29, 0.717) is 12.5 Å². The first-order valence-corrected chi connectivity index (χ1v) is 7.38. The highest BCUT2D eigenvalue weighted by Gasteiger charge is 2.22. The third-order valence-corrected chi connectivity index (χ3v) is 4.24. The van der Waals surface area contributed by atoms with Crippen LogP contribution in [0.15, 0.2) is 18.2 Å². The topological polar surface area (TPSA) is 49.8 Å². The number of carbonyl (C=O) groups excluding carboxylic acids is 1. The zero-order valence-corrected chi connectivity index (χ0v) is 11.7. The lowest BCUT2D eigenvalue weighted by Crippen LogP contribution is -2.39. The van der Waals surface area contributed by atoms with E-state index in [2.05, 4.69) is 4.90 Å². The zero-order chi connectivity index (χ0) is 13.9. The molecule has 4 heteroatoms. The second-order valence-electron chi connectivity index (χ2n) is 5.77. The molecule has 1 fully saturated rings. The van der Waals surface area contributed by atoms with Crippen LogP contribution in [-0.2, 0) is 6.42 Å². The average Bonchev–Trinajstić information content (AvgIpc) is 2.94. The molecule has 1 atom stereocenters. The first-order valence-electron chi connectivity index (χ1n) is 7.38. The molecule has 3 rings (SSSR count). The van der Waals surface area contributed by atoms with Crippen molar-refractivity contribution in [3.63, 3.8) is 0 Å². The maximum absolute atomic E-state index is 12.4. The van der Waals surface area contributed by atoms with Crippen molar-refractivity contribution >= 4 is 5.78 Å². The van der Waals surface area contributed by atoms with Gasteiger partial charge in [-0.1, -0.05) is 0 Å². The number of ether oxygens (including phenoxy) is 1. The van der Waals surface area contributed by atoms with Crippen molar-refractivity contribution in [1.29, 1.82) is 0 Å². The van der Waals surface area contributed by atoms with Gasteiger partial charge in [0.05, 0.1) is 13.2 Å². The molecule has 108 valence electrons. The smallest absolute Gasteiger partial charge is 0.176 e. The normalized spacial score (nSPS) is 22.4. The molecule has 1 aromatic rings. The van der Waals surface area contributed by atoms with Crippen LogP contribution in [0.5, 0.6) is 5.75 Å². The second kappa shape index (κ2) is 5.94. The number of aliphatic hydroxyl groups is 1. The number of likely N-dealkylation sites (tertiary alicyclic amines) is 1. The number of nitrogens with zero attached hydrogens (tertiary/aromatic N) is 1. The van der Waals surface area contributed by atoms with E-state index in [4.69, 9.17) is 4.74 Å². The van der Waals surface area contributed by atoms with E-state index in [0.717, 1.165) is 55.8 Å². The summed E-state index contributed by atoms with van der Waals surface area (Å²) >= 11 is 0. The van der Waals surface area contributed by atoms with E-state index in [-0.39, 0.29) is 12.4 Å². The van der Waals surface area contributed by atoms with Crippen LogP contribution < -0.4 is 4.74 Å². The van der Waals surface area contributed by atoms with Gasteiger partial charge in [-0.15, -0.1) is 0 Å². The van der Waals surface area contributed by atoms with Crippen LogP contribution in [0.3, 0.4) is 0 Å². The molecular formula is C16H21NO3. The number of Topliss-reactive ketones (excluding diaryl/α,β-unsaturated/α-hetero) is 1. The monoisotopic (exact) mass is 275 g/mol. The van der Waals surface area contributed by atoms with Crippen molar-refractivity contribution in [3.05, 3.63) is 29.3 Å². The van der Waals surface area contributed by atoms with Crippen LogP contribution >= 0.6 is 0 Å². The summed E-state index contributed by atoms with van der Waals surface area (Å²) in [6, 6.07) is 5.74.